The van der Waals surface area contributed by atoms with Crippen molar-refractivity contribution < 1.29 is 19.8 Å². The SMILES string of the molecule is CC(CN(CCC(=O)O)c1ccc(N2CCCC2)nc1)C(=O)O. The first-order chi connectivity index (χ1) is 11.0. The molecular weight excluding hydrogens is 298 g/mol. The third kappa shape index (κ3) is 4.84. The molecule has 1 saturated heterocycles. The predicted octanol–water partition coefficient (Wildman–Crippen LogP) is 1.68. The van der Waals surface area contributed by atoms with Crippen LogP contribution in [0.25, 0.3) is 0 Å². The number of rotatable bonds is 8. The van der Waals surface area contributed by atoms with Gasteiger partial charge in [-0.15, -0.1) is 0 Å². The minimum absolute atomic E-state index is 0.0415. The van der Waals surface area contributed by atoms with Crippen LogP contribution in [0.5, 0.6) is 0 Å². The Kier molecular flexibility index (Phi) is 5.78. The lowest BCUT2D eigenvalue weighted by Crippen LogP contribution is -2.33. The highest BCUT2D eigenvalue weighted by Crippen LogP contribution is 2.22. The van der Waals surface area contributed by atoms with Crippen molar-refractivity contribution in [3.05, 3.63) is 18.3 Å². The maximum Gasteiger partial charge on any atom is 0.308 e. The molecule has 1 aliphatic heterocycles. The van der Waals surface area contributed by atoms with Gasteiger partial charge in [-0.25, -0.2) is 4.98 Å². The standard InChI is InChI=1S/C16H23N3O4/c1-12(16(22)23)11-19(9-6-15(20)21)13-4-5-14(17-10-13)18-7-2-3-8-18/h4-5,10,12H,2-3,6-9,11H2,1H3,(H,20,21)(H,22,23). The second-order valence-electron chi connectivity index (χ2n) is 5.90. The Balaban J connectivity index is 2.09. The molecule has 2 rings (SSSR count). The van der Waals surface area contributed by atoms with Crippen molar-refractivity contribution in [2.24, 2.45) is 5.92 Å². The highest BCUT2D eigenvalue weighted by atomic mass is 16.4. The first-order valence-corrected chi connectivity index (χ1v) is 7.88. The lowest BCUT2D eigenvalue weighted by Gasteiger charge is -2.26. The molecular formula is C16H23N3O4. The number of aliphatic carboxylic acids is 2. The number of hydrogen-bond acceptors (Lipinski definition) is 5. The Bertz CT molecular complexity index is 541. The second kappa shape index (κ2) is 7.80. The van der Waals surface area contributed by atoms with E-state index in [0.29, 0.717) is 0 Å². The van der Waals surface area contributed by atoms with Gasteiger partial charge in [0.1, 0.15) is 5.82 Å². The summed E-state index contributed by atoms with van der Waals surface area (Å²) in [6.07, 6.45) is 4.00. The molecule has 2 heterocycles. The molecule has 7 nitrogen and oxygen atoms in total. The Labute approximate surface area is 135 Å². The minimum Gasteiger partial charge on any atom is -0.481 e. The number of aromatic nitrogens is 1. The number of pyridine rings is 1. The van der Waals surface area contributed by atoms with Crippen molar-refractivity contribution in [1.29, 1.82) is 0 Å². The van der Waals surface area contributed by atoms with Crippen LogP contribution in [0.4, 0.5) is 11.5 Å². The quantitative estimate of drug-likeness (QED) is 0.752. The second-order valence-corrected chi connectivity index (χ2v) is 5.90. The van der Waals surface area contributed by atoms with Crippen molar-refractivity contribution >= 4 is 23.4 Å². The molecule has 23 heavy (non-hydrogen) atoms. The van der Waals surface area contributed by atoms with Crippen molar-refractivity contribution in [2.75, 3.05) is 36.0 Å². The van der Waals surface area contributed by atoms with Crippen molar-refractivity contribution in [1.82, 2.24) is 4.98 Å². The lowest BCUT2D eigenvalue weighted by atomic mass is 10.1. The Morgan fingerprint density at radius 3 is 2.52 bits per heavy atom. The summed E-state index contributed by atoms with van der Waals surface area (Å²) < 4.78 is 0. The van der Waals surface area contributed by atoms with Gasteiger partial charge in [0, 0.05) is 26.2 Å². The first kappa shape index (κ1) is 17.1. The number of anilines is 2. The number of carboxylic acid groups (broad SMARTS) is 2. The summed E-state index contributed by atoms with van der Waals surface area (Å²) in [6.45, 7) is 4.14. The van der Waals surface area contributed by atoms with E-state index in [1.54, 1.807) is 18.0 Å². The summed E-state index contributed by atoms with van der Waals surface area (Å²) in [4.78, 5) is 30.3. The largest absolute Gasteiger partial charge is 0.481 e. The van der Waals surface area contributed by atoms with E-state index >= 15 is 0 Å². The molecule has 0 bridgehead atoms. The summed E-state index contributed by atoms with van der Waals surface area (Å²) in [6, 6.07) is 3.80. The van der Waals surface area contributed by atoms with Gasteiger partial charge in [0.15, 0.2) is 0 Å². The zero-order chi connectivity index (χ0) is 16.8. The van der Waals surface area contributed by atoms with Crippen LogP contribution < -0.4 is 9.80 Å². The number of carbonyl (C=O) groups is 2. The molecule has 1 unspecified atom stereocenters. The molecule has 0 aromatic carbocycles. The fourth-order valence-corrected chi connectivity index (χ4v) is 2.66. The van der Waals surface area contributed by atoms with Gasteiger partial charge in [0.2, 0.25) is 0 Å². The van der Waals surface area contributed by atoms with Crippen LogP contribution in [0.1, 0.15) is 26.2 Å². The molecule has 1 atom stereocenters. The monoisotopic (exact) mass is 321 g/mol. The summed E-state index contributed by atoms with van der Waals surface area (Å²) in [5.74, 6) is -1.47. The molecule has 0 radical (unpaired) electrons. The molecule has 1 aromatic heterocycles. The van der Waals surface area contributed by atoms with E-state index in [9.17, 15) is 9.59 Å². The van der Waals surface area contributed by atoms with E-state index in [0.717, 1.165) is 24.6 Å². The third-order valence-corrected chi connectivity index (χ3v) is 4.04. The van der Waals surface area contributed by atoms with E-state index in [1.807, 2.05) is 12.1 Å². The predicted molar refractivity (Wildman–Crippen MR) is 86.9 cm³/mol. The zero-order valence-corrected chi connectivity index (χ0v) is 13.3. The van der Waals surface area contributed by atoms with E-state index in [2.05, 4.69) is 9.88 Å². The van der Waals surface area contributed by atoms with Gasteiger partial charge in [0.25, 0.3) is 0 Å². The van der Waals surface area contributed by atoms with Gasteiger partial charge in [-0.1, -0.05) is 6.92 Å². The summed E-state index contributed by atoms with van der Waals surface area (Å²) >= 11 is 0. The maximum absolute atomic E-state index is 11.1. The third-order valence-electron chi connectivity index (χ3n) is 4.04. The average molecular weight is 321 g/mol. The van der Waals surface area contributed by atoms with Crippen molar-refractivity contribution in [2.45, 2.75) is 26.2 Å². The van der Waals surface area contributed by atoms with Gasteiger partial charge in [-0.3, -0.25) is 9.59 Å². The molecule has 7 heteroatoms. The Hall–Kier alpha value is -2.31. The lowest BCUT2D eigenvalue weighted by molar-refractivity contribution is -0.140. The van der Waals surface area contributed by atoms with Crippen LogP contribution >= 0.6 is 0 Å². The van der Waals surface area contributed by atoms with Crippen LogP contribution in [0.15, 0.2) is 18.3 Å². The average Bonchev–Trinajstić information content (AvgIpc) is 3.05. The van der Waals surface area contributed by atoms with Gasteiger partial charge >= 0.3 is 11.9 Å². The molecule has 0 spiro atoms. The smallest absolute Gasteiger partial charge is 0.308 e. The van der Waals surface area contributed by atoms with Gasteiger partial charge in [-0.05, 0) is 25.0 Å². The first-order valence-electron chi connectivity index (χ1n) is 7.88. The zero-order valence-electron chi connectivity index (χ0n) is 13.3. The molecule has 0 aliphatic carbocycles. The van der Waals surface area contributed by atoms with Gasteiger partial charge in [0.05, 0.1) is 24.2 Å². The van der Waals surface area contributed by atoms with Crippen LogP contribution in [0, 0.1) is 5.92 Å². The Morgan fingerprint density at radius 1 is 1.30 bits per heavy atom. The van der Waals surface area contributed by atoms with Crippen LogP contribution in [0.2, 0.25) is 0 Å². The van der Waals surface area contributed by atoms with E-state index in [1.165, 1.54) is 12.8 Å². The highest BCUT2D eigenvalue weighted by Gasteiger charge is 2.19. The fourth-order valence-electron chi connectivity index (χ4n) is 2.66. The minimum atomic E-state index is -0.903. The van der Waals surface area contributed by atoms with Crippen LogP contribution in [0.3, 0.4) is 0 Å². The molecule has 1 fully saturated rings. The van der Waals surface area contributed by atoms with Gasteiger partial charge in [-0.2, -0.15) is 0 Å². The number of carboxylic acids is 2. The van der Waals surface area contributed by atoms with E-state index in [-0.39, 0.29) is 19.5 Å². The molecule has 126 valence electrons. The number of hydrogen-bond donors (Lipinski definition) is 2. The summed E-state index contributed by atoms with van der Waals surface area (Å²) in [5, 5.41) is 18.0. The summed E-state index contributed by atoms with van der Waals surface area (Å²) in [5.41, 5.74) is 0.752. The van der Waals surface area contributed by atoms with Crippen LogP contribution in [-0.2, 0) is 9.59 Å². The van der Waals surface area contributed by atoms with Crippen molar-refractivity contribution in [3.63, 3.8) is 0 Å². The maximum atomic E-state index is 11.1. The molecule has 2 N–H and O–H groups in total. The topological polar surface area (TPSA) is 94.0 Å². The molecule has 0 saturated carbocycles. The van der Waals surface area contributed by atoms with E-state index in [4.69, 9.17) is 10.2 Å². The van der Waals surface area contributed by atoms with Gasteiger partial charge < -0.3 is 20.0 Å². The Morgan fingerprint density at radius 2 is 2.00 bits per heavy atom. The normalized spacial score (nSPS) is 15.4. The van der Waals surface area contributed by atoms with Crippen LogP contribution in [-0.4, -0.2) is 53.3 Å². The molecule has 1 aliphatic rings. The fraction of sp³-hybridized carbons (Fsp3) is 0.562. The molecule has 1 aromatic rings. The highest BCUT2D eigenvalue weighted by molar-refractivity contribution is 5.71. The molecule has 0 amide bonds. The summed E-state index contributed by atoms with van der Waals surface area (Å²) in [7, 11) is 0. The number of nitrogens with zero attached hydrogens (tertiary/aromatic N) is 3. The van der Waals surface area contributed by atoms with Crippen molar-refractivity contribution in [3.8, 4) is 0 Å². The van der Waals surface area contributed by atoms with E-state index < -0.39 is 17.9 Å².